The lowest BCUT2D eigenvalue weighted by Gasteiger charge is -2.39. The van der Waals surface area contributed by atoms with Crippen LogP contribution in [0.3, 0.4) is 0 Å². The van der Waals surface area contributed by atoms with Crippen molar-refractivity contribution < 1.29 is 4.74 Å². The summed E-state index contributed by atoms with van der Waals surface area (Å²) in [7, 11) is 4.00. The van der Waals surface area contributed by atoms with E-state index in [1.54, 1.807) is 0 Å². The molecule has 0 amide bonds. The minimum Gasteiger partial charge on any atom is -0.493 e. The Hall–Kier alpha value is -2.82. The molecule has 0 radical (unpaired) electrons. The van der Waals surface area contributed by atoms with Gasteiger partial charge in [0, 0.05) is 37.2 Å². The predicted molar refractivity (Wildman–Crippen MR) is 126 cm³/mol. The number of nitriles is 1. The summed E-state index contributed by atoms with van der Waals surface area (Å²) in [5, 5.41) is 10.3. The minimum atomic E-state index is -0.157. The van der Waals surface area contributed by atoms with Crippen LogP contribution in [0.2, 0.25) is 5.02 Å². The molecule has 1 aromatic carbocycles. The zero-order valence-electron chi connectivity index (χ0n) is 18.7. The normalized spacial score (nSPS) is 15.1. The number of ether oxygens (including phenoxy) is 1. The first-order valence-corrected chi connectivity index (χ1v) is 10.7. The molecule has 0 aliphatic carbocycles. The highest BCUT2D eigenvalue weighted by Crippen LogP contribution is 2.44. The zero-order chi connectivity index (χ0) is 22.9. The van der Waals surface area contributed by atoms with E-state index in [-0.39, 0.29) is 12.0 Å². The average Bonchev–Trinajstić information content (AvgIpc) is 2.70. The molecule has 2 N–H and O–H groups in total. The lowest BCUT2D eigenvalue weighted by Crippen LogP contribution is -2.42. The van der Waals surface area contributed by atoms with Crippen LogP contribution in [-0.2, 0) is 0 Å². The van der Waals surface area contributed by atoms with Crippen molar-refractivity contribution in [2.45, 2.75) is 32.7 Å². The summed E-state index contributed by atoms with van der Waals surface area (Å²) in [6, 6.07) is 3.97. The maximum absolute atomic E-state index is 9.82. The molecule has 7 nitrogen and oxygen atoms in total. The minimum absolute atomic E-state index is 0.157. The molecule has 2 heterocycles. The van der Waals surface area contributed by atoms with E-state index in [2.05, 4.69) is 41.5 Å². The molecule has 0 saturated carbocycles. The number of benzene rings is 1. The fourth-order valence-electron chi connectivity index (χ4n) is 4.13. The summed E-state index contributed by atoms with van der Waals surface area (Å²) < 4.78 is 6.14. The van der Waals surface area contributed by atoms with Crippen LogP contribution in [0, 0.1) is 11.3 Å². The van der Waals surface area contributed by atoms with E-state index in [1.807, 2.05) is 31.9 Å². The Morgan fingerprint density at radius 3 is 2.71 bits per heavy atom. The van der Waals surface area contributed by atoms with E-state index in [0.717, 1.165) is 41.1 Å². The number of nitrogen functional groups attached to an aromatic ring is 1. The lowest BCUT2D eigenvalue weighted by molar-refractivity contribution is 0.185. The molecule has 1 aliphatic heterocycles. The van der Waals surface area contributed by atoms with Crippen molar-refractivity contribution in [1.82, 2.24) is 14.9 Å². The van der Waals surface area contributed by atoms with Crippen molar-refractivity contribution >= 4 is 28.8 Å². The van der Waals surface area contributed by atoms with E-state index in [4.69, 9.17) is 22.1 Å². The van der Waals surface area contributed by atoms with Crippen LogP contribution >= 0.6 is 11.6 Å². The van der Waals surface area contributed by atoms with E-state index >= 15 is 0 Å². The summed E-state index contributed by atoms with van der Waals surface area (Å²) in [5.74, 6) is 2.01. The molecular weight excluding hydrogens is 412 g/mol. The Balaban J connectivity index is 2.15. The Bertz CT molecular complexity index is 1040. The maximum atomic E-state index is 9.82. The molecule has 1 atom stereocenters. The van der Waals surface area contributed by atoms with Gasteiger partial charge in [-0.15, -0.1) is 0 Å². The van der Waals surface area contributed by atoms with Crippen LogP contribution in [0.5, 0.6) is 5.75 Å². The SMILES string of the molecule is C=C(C)c1c(N)ncnc1N(C)C(C)c1cc(Cl)c(C#N)c(C2CN(C)C2)c1OCC. The zero-order valence-corrected chi connectivity index (χ0v) is 19.5. The molecule has 1 unspecified atom stereocenters. The first-order valence-electron chi connectivity index (χ1n) is 10.3. The number of likely N-dealkylation sites (N-methyl/N-ethyl adjacent to an activating group) is 1. The van der Waals surface area contributed by atoms with Gasteiger partial charge in [-0.25, -0.2) is 9.97 Å². The molecule has 2 aromatic rings. The monoisotopic (exact) mass is 440 g/mol. The number of nitrogens with two attached hydrogens (primary N) is 1. The lowest BCUT2D eigenvalue weighted by atomic mass is 9.85. The third-order valence-electron chi connectivity index (χ3n) is 5.82. The van der Waals surface area contributed by atoms with E-state index in [0.29, 0.717) is 28.8 Å². The van der Waals surface area contributed by atoms with Gasteiger partial charge in [0.2, 0.25) is 0 Å². The van der Waals surface area contributed by atoms with Gasteiger partial charge < -0.3 is 20.3 Å². The Labute approximate surface area is 189 Å². The maximum Gasteiger partial charge on any atom is 0.141 e. The Morgan fingerprint density at radius 2 is 2.16 bits per heavy atom. The summed E-state index contributed by atoms with van der Waals surface area (Å²) in [4.78, 5) is 12.8. The van der Waals surface area contributed by atoms with Gasteiger partial charge in [-0.05, 0) is 39.5 Å². The van der Waals surface area contributed by atoms with Crippen molar-refractivity contribution in [2.75, 3.05) is 44.4 Å². The van der Waals surface area contributed by atoms with Gasteiger partial charge >= 0.3 is 0 Å². The third kappa shape index (κ3) is 4.18. The number of nitrogens with zero attached hydrogens (tertiary/aromatic N) is 5. The Morgan fingerprint density at radius 1 is 1.48 bits per heavy atom. The molecule has 1 aromatic heterocycles. The van der Waals surface area contributed by atoms with Gasteiger partial charge in [0.25, 0.3) is 0 Å². The number of hydrogen-bond acceptors (Lipinski definition) is 7. The van der Waals surface area contributed by atoms with Crippen molar-refractivity contribution in [2.24, 2.45) is 0 Å². The molecule has 8 heteroatoms. The molecule has 1 aliphatic rings. The van der Waals surface area contributed by atoms with Crippen LogP contribution in [0.25, 0.3) is 5.57 Å². The number of anilines is 2. The standard InChI is InChI=1S/C23H29ClN6O/c1-7-31-21-16(8-18(24)17(9-25)20(21)15-10-29(5)11-15)14(4)30(6)23-19(13(2)3)22(26)27-12-28-23/h8,12,14-15H,2,7,10-11H2,1,3-6H3,(H2,26,27,28). The quantitative estimate of drug-likeness (QED) is 0.688. The second-order valence-corrected chi connectivity index (χ2v) is 8.46. The predicted octanol–water partition coefficient (Wildman–Crippen LogP) is 4.24. The number of aromatic nitrogens is 2. The van der Waals surface area contributed by atoms with E-state index in [9.17, 15) is 5.26 Å². The first kappa shape index (κ1) is 22.9. The van der Waals surface area contributed by atoms with Gasteiger partial charge in [-0.1, -0.05) is 18.2 Å². The number of hydrogen-bond donors (Lipinski definition) is 1. The molecule has 31 heavy (non-hydrogen) atoms. The number of likely N-dealkylation sites (tertiary alicyclic amines) is 1. The van der Waals surface area contributed by atoms with Crippen molar-refractivity contribution in [3.63, 3.8) is 0 Å². The largest absolute Gasteiger partial charge is 0.493 e. The van der Waals surface area contributed by atoms with Crippen LogP contribution in [-0.4, -0.2) is 48.7 Å². The second kappa shape index (κ2) is 9.13. The molecule has 164 valence electrons. The van der Waals surface area contributed by atoms with Gasteiger partial charge in [0.05, 0.1) is 28.8 Å². The highest BCUT2D eigenvalue weighted by atomic mass is 35.5. The van der Waals surface area contributed by atoms with Crippen LogP contribution in [0.15, 0.2) is 19.0 Å². The number of rotatable bonds is 7. The van der Waals surface area contributed by atoms with Crippen molar-refractivity contribution in [1.29, 1.82) is 5.26 Å². The summed E-state index contributed by atoms with van der Waals surface area (Å²) in [6.07, 6.45) is 1.45. The number of allylic oxidation sites excluding steroid dienone is 1. The van der Waals surface area contributed by atoms with Crippen LogP contribution < -0.4 is 15.4 Å². The van der Waals surface area contributed by atoms with Crippen LogP contribution in [0.4, 0.5) is 11.6 Å². The topological polar surface area (TPSA) is 91.3 Å². The smallest absolute Gasteiger partial charge is 0.141 e. The van der Waals surface area contributed by atoms with Crippen molar-refractivity contribution in [3.8, 4) is 11.8 Å². The summed E-state index contributed by atoms with van der Waals surface area (Å²) in [6.45, 7) is 12.1. The molecule has 0 bridgehead atoms. The fraction of sp³-hybridized carbons (Fsp3) is 0.435. The highest BCUT2D eigenvalue weighted by Gasteiger charge is 2.34. The van der Waals surface area contributed by atoms with Gasteiger partial charge in [0.15, 0.2) is 0 Å². The van der Waals surface area contributed by atoms with E-state index < -0.39 is 0 Å². The molecule has 0 spiro atoms. The van der Waals surface area contributed by atoms with Crippen LogP contribution in [0.1, 0.15) is 55.0 Å². The molecule has 1 fully saturated rings. The fourth-order valence-corrected chi connectivity index (χ4v) is 4.39. The van der Waals surface area contributed by atoms with Crippen molar-refractivity contribution in [3.05, 3.63) is 46.2 Å². The summed E-state index contributed by atoms with van der Waals surface area (Å²) >= 11 is 6.60. The molecule has 3 rings (SSSR count). The molecular formula is C23H29ClN6O. The van der Waals surface area contributed by atoms with Gasteiger partial charge in [-0.2, -0.15) is 5.26 Å². The number of halogens is 1. The average molecular weight is 441 g/mol. The first-order chi connectivity index (χ1) is 14.7. The second-order valence-electron chi connectivity index (χ2n) is 8.05. The van der Waals surface area contributed by atoms with E-state index in [1.165, 1.54) is 6.33 Å². The Kier molecular flexibility index (Phi) is 6.73. The third-order valence-corrected chi connectivity index (χ3v) is 6.12. The van der Waals surface area contributed by atoms with Gasteiger partial charge in [0.1, 0.15) is 29.8 Å². The highest BCUT2D eigenvalue weighted by molar-refractivity contribution is 6.32. The molecule has 1 saturated heterocycles. The summed E-state index contributed by atoms with van der Waals surface area (Å²) in [5.41, 5.74) is 9.92. The van der Waals surface area contributed by atoms with Gasteiger partial charge in [-0.3, -0.25) is 0 Å².